The fourth-order valence-corrected chi connectivity index (χ4v) is 4.96. The molecule has 3 aliphatic rings. The molecule has 0 aliphatic carbocycles. The zero-order chi connectivity index (χ0) is 22.8. The van der Waals surface area contributed by atoms with Gasteiger partial charge in [-0.25, -0.2) is 0 Å². The van der Waals surface area contributed by atoms with E-state index in [0.717, 1.165) is 49.7 Å². The lowest BCUT2D eigenvalue weighted by molar-refractivity contribution is -0.137. The predicted molar refractivity (Wildman–Crippen MR) is 125 cm³/mol. The SMILES string of the molecule is CC(=O)N1CC(Oc2ccc3c(c2)OCCN(C[C@H](O)CN2CCc4ccccc4C2)C3)C1. The number of amides is 1. The molecule has 1 atom stereocenters. The summed E-state index contributed by atoms with van der Waals surface area (Å²) in [5.74, 6) is 1.72. The summed E-state index contributed by atoms with van der Waals surface area (Å²) < 4.78 is 12.0. The van der Waals surface area contributed by atoms with Crippen molar-refractivity contribution in [3.63, 3.8) is 0 Å². The van der Waals surface area contributed by atoms with Crippen LogP contribution >= 0.6 is 0 Å². The molecular formula is C26H33N3O4. The number of carbonyl (C=O) groups is 1. The Hall–Kier alpha value is -2.61. The number of hydrogen-bond acceptors (Lipinski definition) is 6. The zero-order valence-electron chi connectivity index (χ0n) is 19.3. The second kappa shape index (κ2) is 9.71. The monoisotopic (exact) mass is 451 g/mol. The second-order valence-electron chi connectivity index (χ2n) is 9.42. The average molecular weight is 452 g/mol. The summed E-state index contributed by atoms with van der Waals surface area (Å²) in [7, 11) is 0. The maximum Gasteiger partial charge on any atom is 0.219 e. The molecule has 0 aromatic heterocycles. The molecule has 7 nitrogen and oxygen atoms in total. The van der Waals surface area contributed by atoms with Crippen LogP contribution in [-0.4, -0.2) is 83.8 Å². The molecular weight excluding hydrogens is 418 g/mol. The quantitative estimate of drug-likeness (QED) is 0.724. The van der Waals surface area contributed by atoms with Crippen molar-refractivity contribution in [3.05, 3.63) is 59.2 Å². The first-order valence-corrected chi connectivity index (χ1v) is 11.9. The van der Waals surface area contributed by atoms with Crippen molar-refractivity contribution < 1.29 is 19.4 Å². The lowest BCUT2D eigenvalue weighted by atomic mass is 10.00. The number of β-amino-alcohol motifs (C(OH)–C–C–N with tert-alkyl or cyclic N) is 1. The Morgan fingerprint density at radius 2 is 1.79 bits per heavy atom. The van der Waals surface area contributed by atoms with E-state index in [-0.39, 0.29) is 12.0 Å². The largest absolute Gasteiger partial charge is 0.492 e. The van der Waals surface area contributed by atoms with E-state index in [0.29, 0.717) is 32.8 Å². The van der Waals surface area contributed by atoms with Crippen LogP contribution in [0, 0.1) is 0 Å². The number of aliphatic hydroxyl groups is 1. The third-order valence-electron chi connectivity index (χ3n) is 6.84. The van der Waals surface area contributed by atoms with Crippen molar-refractivity contribution >= 4 is 5.91 Å². The highest BCUT2D eigenvalue weighted by molar-refractivity contribution is 5.74. The summed E-state index contributed by atoms with van der Waals surface area (Å²) in [6.07, 6.45) is 0.694. The van der Waals surface area contributed by atoms with E-state index in [4.69, 9.17) is 9.47 Å². The van der Waals surface area contributed by atoms with Crippen molar-refractivity contribution in [1.29, 1.82) is 0 Å². The van der Waals surface area contributed by atoms with Crippen LogP contribution in [0.15, 0.2) is 42.5 Å². The van der Waals surface area contributed by atoms with Gasteiger partial charge in [0, 0.05) is 57.8 Å². The fourth-order valence-electron chi connectivity index (χ4n) is 4.96. The summed E-state index contributed by atoms with van der Waals surface area (Å²) in [6, 6.07) is 14.6. The Kier molecular flexibility index (Phi) is 6.53. The number of ether oxygens (including phenoxy) is 2. The van der Waals surface area contributed by atoms with Crippen LogP contribution in [-0.2, 0) is 24.3 Å². The Morgan fingerprint density at radius 1 is 1.06 bits per heavy atom. The number of benzene rings is 2. The summed E-state index contributed by atoms with van der Waals surface area (Å²) in [4.78, 5) is 17.7. The average Bonchev–Trinajstić information content (AvgIpc) is 2.96. The lowest BCUT2D eigenvalue weighted by Crippen LogP contribution is -2.55. The minimum absolute atomic E-state index is 0.0473. The lowest BCUT2D eigenvalue weighted by Gasteiger charge is -2.38. The van der Waals surface area contributed by atoms with Gasteiger partial charge in [0.05, 0.1) is 19.2 Å². The smallest absolute Gasteiger partial charge is 0.219 e. The molecule has 0 radical (unpaired) electrons. The first-order chi connectivity index (χ1) is 16.0. The third kappa shape index (κ3) is 5.32. The molecule has 1 amide bonds. The third-order valence-corrected chi connectivity index (χ3v) is 6.84. The van der Waals surface area contributed by atoms with Crippen LogP contribution in [0.5, 0.6) is 11.5 Å². The maximum atomic E-state index is 11.3. The molecule has 1 fully saturated rings. The van der Waals surface area contributed by atoms with Gasteiger partial charge < -0.3 is 19.5 Å². The van der Waals surface area contributed by atoms with E-state index in [9.17, 15) is 9.90 Å². The van der Waals surface area contributed by atoms with E-state index in [1.165, 1.54) is 11.1 Å². The molecule has 0 unspecified atom stereocenters. The number of carbonyl (C=O) groups excluding carboxylic acids is 1. The molecule has 0 saturated carbocycles. The molecule has 1 N–H and O–H groups in total. The number of fused-ring (bicyclic) bond motifs is 2. The Bertz CT molecular complexity index is 991. The first-order valence-electron chi connectivity index (χ1n) is 11.9. The predicted octanol–water partition coefficient (Wildman–Crippen LogP) is 1.91. The highest BCUT2D eigenvalue weighted by Gasteiger charge is 2.30. The van der Waals surface area contributed by atoms with Crippen molar-refractivity contribution in [2.24, 2.45) is 0 Å². The van der Waals surface area contributed by atoms with Gasteiger partial charge in [0.1, 0.15) is 24.2 Å². The van der Waals surface area contributed by atoms with E-state index in [1.807, 2.05) is 12.1 Å². The molecule has 0 spiro atoms. The van der Waals surface area contributed by atoms with Gasteiger partial charge in [-0.1, -0.05) is 30.3 Å². The Labute approximate surface area is 195 Å². The minimum Gasteiger partial charge on any atom is -0.492 e. The van der Waals surface area contributed by atoms with E-state index >= 15 is 0 Å². The summed E-state index contributed by atoms with van der Waals surface area (Å²) in [5.41, 5.74) is 3.92. The van der Waals surface area contributed by atoms with Gasteiger partial charge in [-0.15, -0.1) is 0 Å². The van der Waals surface area contributed by atoms with E-state index in [1.54, 1.807) is 11.8 Å². The van der Waals surface area contributed by atoms with E-state index < -0.39 is 6.10 Å². The topological polar surface area (TPSA) is 65.5 Å². The molecule has 176 valence electrons. The van der Waals surface area contributed by atoms with E-state index in [2.05, 4.69) is 40.1 Å². The van der Waals surface area contributed by atoms with Crippen molar-refractivity contribution in [3.8, 4) is 11.5 Å². The number of nitrogens with zero attached hydrogens (tertiary/aromatic N) is 3. The standard InChI is InChI=1S/C26H33N3O4/c1-19(30)29-17-25(18-29)33-24-7-6-22-14-28(10-11-32-26(22)12-24)16-23(31)15-27-9-8-20-4-2-3-5-21(20)13-27/h2-7,12,23,25,31H,8-11,13-18H2,1H3/t23-/m1/s1. The van der Waals surface area contributed by atoms with Crippen LogP contribution in [0.4, 0.5) is 0 Å². The van der Waals surface area contributed by atoms with Gasteiger partial charge in [-0.2, -0.15) is 0 Å². The molecule has 0 bridgehead atoms. The van der Waals surface area contributed by atoms with Gasteiger partial charge in [0.15, 0.2) is 0 Å². The minimum atomic E-state index is -0.401. The van der Waals surface area contributed by atoms with Gasteiger partial charge in [0.2, 0.25) is 5.91 Å². The second-order valence-corrected chi connectivity index (χ2v) is 9.42. The van der Waals surface area contributed by atoms with Crippen LogP contribution < -0.4 is 9.47 Å². The van der Waals surface area contributed by atoms with Crippen molar-refractivity contribution in [1.82, 2.24) is 14.7 Å². The maximum absolute atomic E-state index is 11.3. The molecule has 7 heteroatoms. The Balaban J connectivity index is 1.13. The molecule has 1 saturated heterocycles. The van der Waals surface area contributed by atoms with Crippen LogP contribution in [0.2, 0.25) is 0 Å². The fraction of sp³-hybridized carbons (Fsp3) is 0.500. The Morgan fingerprint density at radius 3 is 2.58 bits per heavy atom. The summed E-state index contributed by atoms with van der Waals surface area (Å²) >= 11 is 0. The molecule has 2 aromatic rings. The van der Waals surface area contributed by atoms with Crippen molar-refractivity contribution in [2.75, 3.05) is 45.9 Å². The molecule has 3 heterocycles. The van der Waals surface area contributed by atoms with Gasteiger partial charge >= 0.3 is 0 Å². The zero-order valence-corrected chi connectivity index (χ0v) is 19.3. The van der Waals surface area contributed by atoms with Gasteiger partial charge in [0.25, 0.3) is 0 Å². The normalized spacial score (nSPS) is 20.1. The highest BCUT2D eigenvalue weighted by Crippen LogP contribution is 2.29. The van der Waals surface area contributed by atoms with Crippen LogP contribution in [0.25, 0.3) is 0 Å². The highest BCUT2D eigenvalue weighted by atomic mass is 16.5. The van der Waals surface area contributed by atoms with Gasteiger partial charge in [-0.05, 0) is 23.6 Å². The summed E-state index contributed by atoms with van der Waals surface area (Å²) in [6.45, 7) is 8.19. The number of rotatable bonds is 6. The van der Waals surface area contributed by atoms with Gasteiger partial charge in [-0.3, -0.25) is 14.6 Å². The molecule has 2 aromatic carbocycles. The molecule has 3 aliphatic heterocycles. The van der Waals surface area contributed by atoms with Crippen molar-refractivity contribution in [2.45, 2.75) is 38.6 Å². The number of hydrogen-bond donors (Lipinski definition) is 1. The first kappa shape index (κ1) is 22.2. The van der Waals surface area contributed by atoms with Crippen LogP contribution in [0.1, 0.15) is 23.6 Å². The molecule has 33 heavy (non-hydrogen) atoms. The number of likely N-dealkylation sites (tertiary alicyclic amines) is 1. The molecule has 5 rings (SSSR count). The number of aliphatic hydroxyl groups excluding tert-OH is 1. The summed E-state index contributed by atoms with van der Waals surface area (Å²) in [5, 5.41) is 10.8. The van der Waals surface area contributed by atoms with Crippen LogP contribution in [0.3, 0.4) is 0 Å².